The molecule has 242 valence electrons. The van der Waals surface area contributed by atoms with Gasteiger partial charge in [-0.15, -0.1) is 0 Å². The summed E-state index contributed by atoms with van der Waals surface area (Å²) in [5.41, 5.74) is 9.94. The van der Waals surface area contributed by atoms with Crippen molar-refractivity contribution < 1.29 is 0 Å². The topological polar surface area (TPSA) is 73.8 Å². The number of fused-ring (bicyclic) bond motifs is 3. The summed E-state index contributed by atoms with van der Waals surface area (Å²) in [6.45, 7) is 0. The second kappa shape index (κ2) is 11.1. The minimum absolute atomic E-state index is 0.617. The van der Waals surface area contributed by atoms with Crippen molar-refractivity contribution in [3.63, 3.8) is 0 Å². The molecule has 0 saturated carbocycles. The predicted molar refractivity (Wildman–Crippen MR) is 209 cm³/mol. The molecule has 0 aliphatic rings. The number of imidazole rings is 1. The molecule has 0 atom stereocenters. The lowest BCUT2D eigenvalue weighted by atomic mass is 10.1. The molecule has 0 bridgehead atoms. The fourth-order valence-electron chi connectivity index (χ4n) is 7.73. The minimum atomic E-state index is 0.617. The van der Waals surface area contributed by atoms with Crippen LogP contribution in [0.4, 0.5) is 0 Å². The molecule has 0 aliphatic carbocycles. The van der Waals surface area contributed by atoms with Gasteiger partial charge in [0, 0.05) is 44.7 Å². The molecule has 0 unspecified atom stereocenters. The second-order valence-electron chi connectivity index (χ2n) is 13.0. The predicted octanol–water partition coefficient (Wildman–Crippen LogP) is 10.4. The lowest BCUT2D eigenvalue weighted by Gasteiger charge is -2.12. The van der Waals surface area contributed by atoms with Crippen molar-refractivity contribution in [1.82, 2.24) is 33.9 Å². The Bertz CT molecular complexity index is 3050. The molecule has 0 aliphatic heterocycles. The van der Waals surface area contributed by atoms with E-state index in [9.17, 15) is 0 Å². The first kappa shape index (κ1) is 28.6. The molecule has 0 fully saturated rings. The zero-order chi connectivity index (χ0) is 34.2. The van der Waals surface area contributed by atoms with E-state index in [1.54, 1.807) is 0 Å². The van der Waals surface area contributed by atoms with Gasteiger partial charge >= 0.3 is 0 Å². The summed E-state index contributed by atoms with van der Waals surface area (Å²) in [5, 5.41) is 4.71. The van der Waals surface area contributed by atoms with Gasteiger partial charge in [0.2, 0.25) is 0 Å². The third-order valence-corrected chi connectivity index (χ3v) is 9.96. The second-order valence-corrected chi connectivity index (χ2v) is 13.0. The molecule has 52 heavy (non-hydrogen) atoms. The van der Waals surface area contributed by atoms with Crippen molar-refractivity contribution in [3.05, 3.63) is 164 Å². The fraction of sp³-hybridized carbons (Fsp3) is 0. The maximum Gasteiger partial charge on any atom is 0.164 e. The Morgan fingerprint density at radius 3 is 1.79 bits per heavy atom. The average molecular weight is 666 g/mol. The molecule has 5 aromatic heterocycles. The first-order valence-electron chi connectivity index (χ1n) is 17.3. The van der Waals surface area contributed by atoms with Crippen molar-refractivity contribution in [1.29, 1.82) is 0 Å². The van der Waals surface area contributed by atoms with E-state index < -0.39 is 0 Å². The lowest BCUT2D eigenvalue weighted by Crippen LogP contribution is -2.01. The van der Waals surface area contributed by atoms with Crippen LogP contribution in [-0.4, -0.2) is 33.9 Å². The first-order chi connectivity index (χ1) is 25.8. The van der Waals surface area contributed by atoms with E-state index in [2.05, 4.69) is 87.8 Å². The van der Waals surface area contributed by atoms with Gasteiger partial charge in [-0.05, 0) is 53.9 Å². The summed E-state index contributed by atoms with van der Waals surface area (Å²) in [4.78, 5) is 24.9. The molecule has 6 aromatic carbocycles. The van der Waals surface area contributed by atoms with Gasteiger partial charge in [0.25, 0.3) is 0 Å². The van der Waals surface area contributed by atoms with E-state index in [4.69, 9.17) is 24.9 Å². The number of nitrogens with zero attached hydrogens (tertiary/aromatic N) is 7. The highest BCUT2D eigenvalue weighted by atomic mass is 15.1. The lowest BCUT2D eigenvalue weighted by molar-refractivity contribution is 1.07. The molecule has 0 saturated heterocycles. The number of benzene rings is 6. The summed E-state index contributed by atoms with van der Waals surface area (Å²) in [6.07, 6.45) is 1.83. The molecule has 0 spiro atoms. The Morgan fingerprint density at radius 2 is 1.04 bits per heavy atom. The van der Waals surface area contributed by atoms with E-state index >= 15 is 0 Å². The summed E-state index contributed by atoms with van der Waals surface area (Å²) < 4.78 is 4.66. The molecular formula is C45H27N7. The standard InChI is InChI=1S/C45H27N7/c1-3-13-28(14-4-1)42-48-43(29-15-5-2-6-16-29)50-44(49-42)30-17-11-18-31(27-30)51-37-23-12-20-33-32-19-7-8-22-36(32)52-41-34(24-25-38(51)40(41)39(33)37)47-45(52)35-21-9-10-26-46-35/h1-27H. The van der Waals surface area contributed by atoms with Crippen LogP contribution in [0.2, 0.25) is 0 Å². The molecule has 5 heterocycles. The third-order valence-electron chi connectivity index (χ3n) is 9.96. The van der Waals surface area contributed by atoms with E-state index in [0.717, 1.165) is 72.3 Å². The third kappa shape index (κ3) is 4.23. The van der Waals surface area contributed by atoms with Gasteiger partial charge in [0.1, 0.15) is 5.69 Å². The normalized spacial score (nSPS) is 11.8. The summed E-state index contributed by atoms with van der Waals surface area (Å²) >= 11 is 0. The van der Waals surface area contributed by atoms with Crippen LogP contribution in [0.3, 0.4) is 0 Å². The van der Waals surface area contributed by atoms with E-state index in [0.29, 0.717) is 17.5 Å². The Hall–Kier alpha value is -7.25. The van der Waals surface area contributed by atoms with Crippen LogP contribution in [0.1, 0.15) is 0 Å². The summed E-state index contributed by atoms with van der Waals surface area (Å²) in [5.74, 6) is 2.71. The maximum absolute atomic E-state index is 5.21. The quantitative estimate of drug-likeness (QED) is 0.183. The minimum Gasteiger partial charge on any atom is -0.309 e. The van der Waals surface area contributed by atoms with Gasteiger partial charge in [-0.2, -0.15) is 0 Å². The van der Waals surface area contributed by atoms with E-state index in [1.165, 1.54) is 10.8 Å². The highest BCUT2D eigenvalue weighted by molar-refractivity contribution is 6.30. The summed E-state index contributed by atoms with van der Waals surface area (Å²) in [6, 6.07) is 54.2. The first-order valence-corrected chi connectivity index (χ1v) is 17.3. The Labute approximate surface area is 297 Å². The molecule has 11 rings (SSSR count). The van der Waals surface area contributed by atoms with Crippen LogP contribution in [0, 0.1) is 0 Å². The molecule has 7 heteroatoms. The van der Waals surface area contributed by atoms with Crippen molar-refractivity contribution in [3.8, 4) is 51.4 Å². The highest BCUT2D eigenvalue weighted by Crippen LogP contribution is 2.43. The van der Waals surface area contributed by atoms with Crippen molar-refractivity contribution in [2.45, 2.75) is 0 Å². The van der Waals surface area contributed by atoms with Crippen LogP contribution in [0.5, 0.6) is 0 Å². The number of rotatable bonds is 5. The van der Waals surface area contributed by atoms with Crippen LogP contribution in [0.25, 0.3) is 100 Å². The van der Waals surface area contributed by atoms with E-state index in [-0.39, 0.29) is 0 Å². The number of aromatic nitrogens is 7. The van der Waals surface area contributed by atoms with Crippen molar-refractivity contribution >= 4 is 49.1 Å². The van der Waals surface area contributed by atoms with Crippen LogP contribution < -0.4 is 0 Å². The smallest absolute Gasteiger partial charge is 0.164 e. The molecule has 7 nitrogen and oxygen atoms in total. The zero-order valence-corrected chi connectivity index (χ0v) is 27.7. The zero-order valence-electron chi connectivity index (χ0n) is 27.7. The number of pyridine rings is 1. The molecule has 0 N–H and O–H groups in total. The average Bonchev–Trinajstić information content (AvgIpc) is 3.74. The SMILES string of the molecule is c1ccc(-c2nc(-c3ccccc3)nc(-c3cccc(-n4c5cccc6c7ccccc7n7c(-c8ccccn8)nc8ccc4c(c65)c87)c3)n2)cc1. The number of hydrogen-bond acceptors (Lipinski definition) is 5. The monoisotopic (exact) mass is 665 g/mol. The van der Waals surface area contributed by atoms with Gasteiger partial charge in [0.05, 0.1) is 27.6 Å². The fourth-order valence-corrected chi connectivity index (χ4v) is 7.73. The van der Waals surface area contributed by atoms with Crippen molar-refractivity contribution in [2.24, 2.45) is 0 Å². The van der Waals surface area contributed by atoms with Gasteiger partial charge in [0.15, 0.2) is 23.3 Å². The Morgan fingerprint density at radius 1 is 0.423 bits per heavy atom. The van der Waals surface area contributed by atoms with Crippen LogP contribution >= 0.6 is 0 Å². The maximum atomic E-state index is 5.21. The number of para-hydroxylation sites is 1. The van der Waals surface area contributed by atoms with E-state index in [1.807, 2.05) is 85.1 Å². The summed E-state index contributed by atoms with van der Waals surface area (Å²) in [7, 11) is 0. The number of hydrogen-bond donors (Lipinski definition) is 0. The van der Waals surface area contributed by atoms with Gasteiger partial charge in [-0.25, -0.2) is 19.9 Å². The van der Waals surface area contributed by atoms with Crippen molar-refractivity contribution in [2.75, 3.05) is 0 Å². The Kier molecular flexibility index (Phi) is 6.12. The molecule has 11 aromatic rings. The molecule has 0 radical (unpaired) electrons. The molecule has 0 amide bonds. The van der Waals surface area contributed by atoms with Crippen LogP contribution in [-0.2, 0) is 0 Å². The largest absolute Gasteiger partial charge is 0.309 e. The highest BCUT2D eigenvalue weighted by Gasteiger charge is 2.24. The van der Waals surface area contributed by atoms with Crippen LogP contribution in [0.15, 0.2) is 164 Å². The Balaban J connectivity index is 1.20. The van der Waals surface area contributed by atoms with Gasteiger partial charge in [-0.3, -0.25) is 9.38 Å². The molecular weight excluding hydrogens is 639 g/mol. The van der Waals surface area contributed by atoms with Gasteiger partial charge < -0.3 is 4.57 Å². The van der Waals surface area contributed by atoms with Gasteiger partial charge in [-0.1, -0.05) is 109 Å².